The molecule has 24 heavy (non-hydrogen) atoms. The molecular formula is C19H22N2O3. The number of carbonyl (C=O) groups is 1. The molecule has 1 atom stereocenters. The lowest BCUT2D eigenvalue weighted by Crippen LogP contribution is -2.50. The van der Waals surface area contributed by atoms with Gasteiger partial charge in [0.1, 0.15) is 5.54 Å². The number of rotatable bonds is 5. The maximum atomic E-state index is 13.0. The molecule has 1 heterocycles. The molecule has 5 heteroatoms. The predicted octanol–water partition coefficient (Wildman–Crippen LogP) is 2.64. The highest BCUT2D eigenvalue weighted by Gasteiger charge is 2.34. The quantitative estimate of drug-likeness (QED) is 0.917. The molecule has 2 aromatic rings. The number of benzene rings is 2. The lowest BCUT2D eigenvalue weighted by molar-refractivity contribution is -0.137. The third-order valence-corrected chi connectivity index (χ3v) is 4.30. The van der Waals surface area contributed by atoms with Crippen molar-refractivity contribution in [2.24, 2.45) is 5.73 Å². The van der Waals surface area contributed by atoms with Crippen LogP contribution in [0.25, 0.3) is 0 Å². The SMILES string of the molecule is CCN(Cc1ccc2c(c1)OCO2)C(=O)C(C)(N)c1ccccc1. The van der Waals surface area contributed by atoms with E-state index in [-0.39, 0.29) is 12.7 Å². The second-order valence-electron chi connectivity index (χ2n) is 6.08. The smallest absolute Gasteiger partial charge is 0.247 e. The van der Waals surface area contributed by atoms with E-state index >= 15 is 0 Å². The summed E-state index contributed by atoms with van der Waals surface area (Å²) >= 11 is 0. The van der Waals surface area contributed by atoms with Gasteiger partial charge < -0.3 is 20.1 Å². The van der Waals surface area contributed by atoms with Crippen molar-refractivity contribution in [3.05, 3.63) is 59.7 Å². The summed E-state index contributed by atoms with van der Waals surface area (Å²) in [5, 5.41) is 0. The Morgan fingerprint density at radius 1 is 1.17 bits per heavy atom. The number of carbonyl (C=O) groups excluding carboxylic acids is 1. The number of nitrogens with zero attached hydrogens (tertiary/aromatic N) is 1. The van der Waals surface area contributed by atoms with Gasteiger partial charge in [0.15, 0.2) is 11.5 Å². The van der Waals surface area contributed by atoms with Crippen molar-refractivity contribution in [2.45, 2.75) is 25.9 Å². The molecule has 0 aromatic heterocycles. The van der Waals surface area contributed by atoms with E-state index in [0.29, 0.717) is 13.1 Å². The van der Waals surface area contributed by atoms with Crippen molar-refractivity contribution in [3.8, 4) is 11.5 Å². The average molecular weight is 326 g/mol. The van der Waals surface area contributed by atoms with Crippen LogP contribution in [0.1, 0.15) is 25.0 Å². The van der Waals surface area contributed by atoms with E-state index in [1.807, 2.05) is 55.5 Å². The Kier molecular flexibility index (Phi) is 4.44. The van der Waals surface area contributed by atoms with Crippen LogP contribution in [0.5, 0.6) is 11.5 Å². The summed E-state index contributed by atoms with van der Waals surface area (Å²) in [6, 6.07) is 15.2. The molecule has 0 aliphatic carbocycles. The second-order valence-corrected chi connectivity index (χ2v) is 6.08. The van der Waals surface area contributed by atoms with Crippen LogP contribution in [-0.2, 0) is 16.9 Å². The maximum absolute atomic E-state index is 13.0. The van der Waals surface area contributed by atoms with Gasteiger partial charge in [0, 0.05) is 13.1 Å². The van der Waals surface area contributed by atoms with E-state index in [2.05, 4.69) is 0 Å². The number of amides is 1. The Labute approximate surface area is 142 Å². The van der Waals surface area contributed by atoms with Crippen LogP contribution in [0, 0.1) is 0 Å². The van der Waals surface area contributed by atoms with Crippen LogP contribution in [0.3, 0.4) is 0 Å². The van der Waals surface area contributed by atoms with Crippen LogP contribution in [0.4, 0.5) is 0 Å². The topological polar surface area (TPSA) is 64.8 Å². The maximum Gasteiger partial charge on any atom is 0.247 e. The fourth-order valence-electron chi connectivity index (χ4n) is 2.82. The van der Waals surface area contributed by atoms with Crippen LogP contribution in [0.15, 0.2) is 48.5 Å². The molecule has 2 N–H and O–H groups in total. The summed E-state index contributed by atoms with van der Waals surface area (Å²) in [7, 11) is 0. The zero-order valence-corrected chi connectivity index (χ0v) is 14.0. The van der Waals surface area contributed by atoms with Gasteiger partial charge in [-0.3, -0.25) is 4.79 Å². The molecule has 0 radical (unpaired) electrons. The minimum atomic E-state index is -1.06. The number of ether oxygens (including phenoxy) is 2. The third kappa shape index (κ3) is 3.08. The Balaban J connectivity index is 1.79. The van der Waals surface area contributed by atoms with E-state index in [1.165, 1.54) is 0 Å². The fraction of sp³-hybridized carbons (Fsp3) is 0.316. The van der Waals surface area contributed by atoms with Gasteiger partial charge >= 0.3 is 0 Å². The van der Waals surface area contributed by atoms with Gasteiger partial charge in [-0.05, 0) is 37.1 Å². The van der Waals surface area contributed by atoms with Crippen molar-refractivity contribution in [1.29, 1.82) is 0 Å². The molecule has 0 saturated heterocycles. The average Bonchev–Trinajstić information content (AvgIpc) is 3.07. The van der Waals surface area contributed by atoms with E-state index in [4.69, 9.17) is 15.2 Å². The number of fused-ring (bicyclic) bond motifs is 1. The minimum absolute atomic E-state index is 0.103. The highest BCUT2D eigenvalue weighted by atomic mass is 16.7. The summed E-state index contributed by atoms with van der Waals surface area (Å²) in [4.78, 5) is 14.7. The van der Waals surface area contributed by atoms with Crippen LogP contribution in [0.2, 0.25) is 0 Å². The van der Waals surface area contributed by atoms with Crippen molar-refractivity contribution in [3.63, 3.8) is 0 Å². The van der Waals surface area contributed by atoms with Gasteiger partial charge in [0.05, 0.1) is 0 Å². The highest BCUT2D eigenvalue weighted by molar-refractivity contribution is 5.87. The molecule has 1 amide bonds. The first kappa shape index (κ1) is 16.3. The number of hydrogen-bond acceptors (Lipinski definition) is 4. The van der Waals surface area contributed by atoms with E-state index < -0.39 is 5.54 Å². The lowest BCUT2D eigenvalue weighted by Gasteiger charge is -2.31. The van der Waals surface area contributed by atoms with E-state index in [0.717, 1.165) is 22.6 Å². The van der Waals surface area contributed by atoms with Crippen molar-refractivity contribution in [2.75, 3.05) is 13.3 Å². The third-order valence-electron chi connectivity index (χ3n) is 4.30. The molecule has 0 spiro atoms. The molecule has 1 aliphatic rings. The summed E-state index contributed by atoms with van der Waals surface area (Å²) in [5.41, 5.74) is 7.09. The molecule has 0 saturated carbocycles. The summed E-state index contributed by atoms with van der Waals surface area (Å²) in [6.07, 6.45) is 0. The lowest BCUT2D eigenvalue weighted by atomic mass is 9.91. The Morgan fingerprint density at radius 3 is 2.58 bits per heavy atom. The highest BCUT2D eigenvalue weighted by Crippen LogP contribution is 2.33. The molecule has 1 aliphatic heterocycles. The van der Waals surface area contributed by atoms with Gasteiger partial charge in [-0.15, -0.1) is 0 Å². The first-order chi connectivity index (χ1) is 11.5. The summed E-state index contributed by atoms with van der Waals surface area (Å²) in [6.45, 7) is 5.00. The first-order valence-corrected chi connectivity index (χ1v) is 8.04. The van der Waals surface area contributed by atoms with Crippen molar-refractivity contribution >= 4 is 5.91 Å². The molecule has 2 aromatic carbocycles. The van der Waals surface area contributed by atoms with Crippen LogP contribution >= 0.6 is 0 Å². The largest absolute Gasteiger partial charge is 0.454 e. The van der Waals surface area contributed by atoms with Gasteiger partial charge in [-0.1, -0.05) is 36.4 Å². The minimum Gasteiger partial charge on any atom is -0.454 e. The molecular weight excluding hydrogens is 304 g/mol. The predicted molar refractivity (Wildman–Crippen MR) is 91.6 cm³/mol. The Morgan fingerprint density at radius 2 is 1.88 bits per heavy atom. The van der Waals surface area contributed by atoms with Crippen LogP contribution < -0.4 is 15.2 Å². The summed E-state index contributed by atoms with van der Waals surface area (Å²) in [5.74, 6) is 1.35. The van der Waals surface area contributed by atoms with E-state index in [1.54, 1.807) is 11.8 Å². The van der Waals surface area contributed by atoms with Crippen LogP contribution in [-0.4, -0.2) is 24.1 Å². The van der Waals surface area contributed by atoms with Gasteiger partial charge in [0.25, 0.3) is 0 Å². The number of nitrogens with two attached hydrogens (primary N) is 1. The second kappa shape index (κ2) is 6.53. The molecule has 126 valence electrons. The number of likely N-dealkylation sites (N-methyl/N-ethyl adjacent to an activating group) is 1. The Hall–Kier alpha value is -2.53. The molecule has 0 fully saturated rings. The standard InChI is InChI=1S/C19H22N2O3/c1-3-21(12-14-9-10-16-17(11-14)24-13-23-16)18(22)19(2,20)15-7-5-4-6-8-15/h4-11H,3,12-13,20H2,1-2H3. The van der Waals surface area contributed by atoms with Crippen molar-refractivity contribution < 1.29 is 14.3 Å². The zero-order valence-electron chi connectivity index (χ0n) is 14.0. The van der Waals surface area contributed by atoms with Crippen molar-refractivity contribution in [1.82, 2.24) is 4.90 Å². The fourth-order valence-corrected chi connectivity index (χ4v) is 2.82. The molecule has 5 nitrogen and oxygen atoms in total. The van der Waals surface area contributed by atoms with Gasteiger partial charge in [0.2, 0.25) is 12.7 Å². The normalized spacial score (nSPS) is 15.0. The molecule has 3 rings (SSSR count). The first-order valence-electron chi connectivity index (χ1n) is 8.04. The van der Waals surface area contributed by atoms with Gasteiger partial charge in [-0.25, -0.2) is 0 Å². The monoisotopic (exact) mass is 326 g/mol. The number of hydrogen-bond donors (Lipinski definition) is 1. The zero-order chi connectivity index (χ0) is 17.2. The summed E-state index contributed by atoms with van der Waals surface area (Å²) < 4.78 is 10.7. The Bertz CT molecular complexity index is 729. The van der Waals surface area contributed by atoms with E-state index in [9.17, 15) is 4.79 Å². The van der Waals surface area contributed by atoms with Gasteiger partial charge in [-0.2, -0.15) is 0 Å². The molecule has 1 unspecified atom stereocenters. The molecule has 0 bridgehead atoms.